The molecular weight excluding hydrogens is 354 g/mol. The van der Waals surface area contributed by atoms with E-state index in [1.54, 1.807) is 12.4 Å². The van der Waals surface area contributed by atoms with Crippen LogP contribution in [-0.2, 0) is 17.8 Å². The van der Waals surface area contributed by atoms with Crippen molar-refractivity contribution < 1.29 is 9.32 Å². The zero-order valence-corrected chi connectivity index (χ0v) is 16.1. The number of anilines is 1. The van der Waals surface area contributed by atoms with Gasteiger partial charge in [0.15, 0.2) is 0 Å². The quantitative estimate of drug-likeness (QED) is 0.681. The van der Waals surface area contributed by atoms with Crippen LogP contribution in [0.4, 0.5) is 5.69 Å². The average molecular weight is 377 g/mol. The summed E-state index contributed by atoms with van der Waals surface area (Å²) in [5, 5.41) is 4.00. The standard InChI is InChI=1S/C21H23N5O2/c1-15-7-8-18-16(11-15)6-4-10-26(18)20(27)14-25(2)13-19-23-21(24-28-19)17-5-3-9-22-12-17/h3,5,7-9,11-12H,4,6,10,13-14H2,1-2H3. The number of aryl methyl sites for hydroxylation is 2. The fourth-order valence-corrected chi connectivity index (χ4v) is 3.52. The second-order valence-corrected chi connectivity index (χ2v) is 7.21. The van der Waals surface area contributed by atoms with Crippen LogP contribution in [0.2, 0.25) is 0 Å². The third-order valence-electron chi connectivity index (χ3n) is 4.85. The number of pyridine rings is 1. The van der Waals surface area contributed by atoms with Gasteiger partial charge in [-0.05, 0) is 50.6 Å². The lowest BCUT2D eigenvalue weighted by molar-refractivity contribution is -0.119. The highest BCUT2D eigenvalue weighted by Crippen LogP contribution is 2.28. The Bertz CT molecular complexity index is 970. The molecule has 0 spiro atoms. The number of fused-ring (bicyclic) bond motifs is 1. The zero-order chi connectivity index (χ0) is 19.5. The molecule has 0 saturated heterocycles. The molecule has 0 unspecified atom stereocenters. The van der Waals surface area contributed by atoms with E-state index in [0.717, 1.165) is 30.6 Å². The summed E-state index contributed by atoms with van der Waals surface area (Å²) in [5.41, 5.74) is 4.31. The lowest BCUT2D eigenvalue weighted by Gasteiger charge is -2.31. The normalized spacial score (nSPS) is 13.6. The number of carbonyl (C=O) groups is 1. The maximum absolute atomic E-state index is 12.9. The van der Waals surface area contributed by atoms with E-state index in [1.807, 2.05) is 29.0 Å². The Morgan fingerprint density at radius 1 is 1.32 bits per heavy atom. The van der Waals surface area contributed by atoms with Crippen LogP contribution >= 0.6 is 0 Å². The molecule has 7 nitrogen and oxygen atoms in total. The van der Waals surface area contributed by atoms with E-state index in [-0.39, 0.29) is 12.5 Å². The molecule has 0 bridgehead atoms. The summed E-state index contributed by atoms with van der Waals surface area (Å²) in [6.45, 7) is 3.54. The number of amides is 1. The van der Waals surface area contributed by atoms with E-state index >= 15 is 0 Å². The molecule has 2 aromatic heterocycles. The van der Waals surface area contributed by atoms with Crippen LogP contribution in [0, 0.1) is 6.92 Å². The van der Waals surface area contributed by atoms with Crippen LogP contribution in [0.25, 0.3) is 11.4 Å². The Morgan fingerprint density at radius 3 is 3.04 bits per heavy atom. The first-order chi connectivity index (χ1) is 13.6. The fourth-order valence-electron chi connectivity index (χ4n) is 3.52. The summed E-state index contributed by atoms with van der Waals surface area (Å²) in [6.07, 6.45) is 5.40. The van der Waals surface area contributed by atoms with Gasteiger partial charge in [-0.25, -0.2) is 0 Å². The van der Waals surface area contributed by atoms with Gasteiger partial charge in [-0.15, -0.1) is 0 Å². The molecule has 1 aliphatic heterocycles. The Hall–Kier alpha value is -3.06. The summed E-state index contributed by atoms with van der Waals surface area (Å²) in [7, 11) is 1.88. The van der Waals surface area contributed by atoms with Crippen LogP contribution in [0.3, 0.4) is 0 Å². The Morgan fingerprint density at radius 2 is 2.21 bits per heavy atom. The summed E-state index contributed by atoms with van der Waals surface area (Å²) in [5.74, 6) is 1.06. The second-order valence-electron chi connectivity index (χ2n) is 7.21. The van der Waals surface area contributed by atoms with Gasteiger partial charge in [0.2, 0.25) is 17.6 Å². The Balaban J connectivity index is 1.40. The molecular formula is C21H23N5O2. The van der Waals surface area contributed by atoms with Gasteiger partial charge >= 0.3 is 0 Å². The Kier molecular flexibility index (Phi) is 5.16. The molecule has 0 N–H and O–H groups in total. The highest BCUT2D eigenvalue weighted by atomic mass is 16.5. The van der Waals surface area contributed by atoms with Crippen molar-refractivity contribution in [3.63, 3.8) is 0 Å². The van der Waals surface area contributed by atoms with Gasteiger partial charge in [-0.3, -0.25) is 14.7 Å². The molecule has 144 valence electrons. The molecule has 4 rings (SSSR count). The summed E-state index contributed by atoms with van der Waals surface area (Å²) in [6, 6.07) is 10.0. The minimum atomic E-state index is 0.0827. The lowest BCUT2D eigenvalue weighted by Crippen LogP contribution is -2.41. The first kappa shape index (κ1) is 18.3. The summed E-state index contributed by atoms with van der Waals surface area (Å²) in [4.78, 5) is 25.1. The van der Waals surface area contributed by atoms with Gasteiger partial charge < -0.3 is 9.42 Å². The first-order valence-electron chi connectivity index (χ1n) is 9.41. The smallest absolute Gasteiger partial charge is 0.241 e. The highest BCUT2D eigenvalue weighted by molar-refractivity contribution is 5.96. The van der Waals surface area contributed by atoms with E-state index in [9.17, 15) is 4.79 Å². The number of hydrogen-bond donors (Lipinski definition) is 0. The molecule has 28 heavy (non-hydrogen) atoms. The number of nitrogens with zero attached hydrogens (tertiary/aromatic N) is 5. The van der Waals surface area contributed by atoms with Crippen molar-refractivity contribution in [2.24, 2.45) is 0 Å². The topological polar surface area (TPSA) is 75.4 Å². The molecule has 3 aromatic rings. The molecule has 0 aliphatic carbocycles. The van der Waals surface area contributed by atoms with Crippen LogP contribution in [0.5, 0.6) is 0 Å². The maximum Gasteiger partial charge on any atom is 0.241 e. The average Bonchev–Trinajstić information content (AvgIpc) is 3.16. The van der Waals surface area contributed by atoms with Gasteiger partial charge in [0.05, 0.1) is 13.1 Å². The molecule has 1 amide bonds. The number of aromatic nitrogens is 3. The number of rotatable bonds is 5. The van der Waals surface area contributed by atoms with Crippen LogP contribution in [0.1, 0.15) is 23.4 Å². The maximum atomic E-state index is 12.9. The van der Waals surface area contributed by atoms with E-state index < -0.39 is 0 Å². The van der Waals surface area contributed by atoms with E-state index in [4.69, 9.17) is 4.52 Å². The molecule has 1 aromatic carbocycles. The van der Waals surface area contributed by atoms with Crippen LogP contribution in [-0.4, -0.2) is 46.1 Å². The van der Waals surface area contributed by atoms with Crippen LogP contribution in [0.15, 0.2) is 47.2 Å². The second kappa shape index (κ2) is 7.90. The van der Waals surface area contributed by atoms with Crippen LogP contribution < -0.4 is 4.90 Å². The number of hydrogen-bond acceptors (Lipinski definition) is 6. The molecule has 3 heterocycles. The molecule has 0 atom stereocenters. The van der Waals surface area contributed by atoms with E-state index in [2.05, 4.69) is 40.2 Å². The van der Waals surface area contributed by atoms with E-state index in [0.29, 0.717) is 18.3 Å². The summed E-state index contributed by atoms with van der Waals surface area (Å²) >= 11 is 0. The van der Waals surface area contributed by atoms with Gasteiger partial charge in [0, 0.05) is 30.2 Å². The van der Waals surface area contributed by atoms with Crippen molar-refractivity contribution in [2.45, 2.75) is 26.3 Å². The third kappa shape index (κ3) is 3.94. The van der Waals surface area contributed by atoms with Gasteiger partial charge in [-0.2, -0.15) is 4.98 Å². The molecule has 0 radical (unpaired) electrons. The first-order valence-corrected chi connectivity index (χ1v) is 9.41. The van der Waals surface area contributed by atoms with Crippen molar-refractivity contribution in [1.82, 2.24) is 20.0 Å². The minimum Gasteiger partial charge on any atom is -0.338 e. The molecule has 0 fully saturated rings. The van der Waals surface area contributed by atoms with Gasteiger partial charge in [-0.1, -0.05) is 22.9 Å². The van der Waals surface area contributed by atoms with Crippen molar-refractivity contribution in [2.75, 3.05) is 25.0 Å². The number of benzene rings is 1. The van der Waals surface area contributed by atoms with Crippen molar-refractivity contribution >= 4 is 11.6 Å². The number of likely N-dealkylation sites (N-methyl/N-ethyl adjacent to an activating group) is 1. The molecule has 7 heteroatoms. The fraction of sp³-hybridized carbons (Fsp3) is 0.333. The lowest BCUT2D eigenvalue weighted by atomic mass is 9.99. The Labute approximate surface area is 164 Å². The predicted molar refractivity (Wildman–Crippen MR) is 106 cm³/mol. The van der Waals surface area contributed by atoms with Gasteiger partial charge in [0.1, 0.15) is 0 Å². The monoisotopic (exact) mass is 377 g/mol. The number of carbonyl (C=O) groups excluding carboxylic acids is 1. The molecule has 1 aliphatic rings. The highest BCUT2D eigenvalue weighted by Gasteiger charge is 2.23. The minimum absolute atomic E-state index is 0.0827. The predicted octanol–water partition coefficient (Wildman–Crippen LogP) is 2.85. The van der Waals surface area contributed by atoms with Crippen molar-refractivity contribution in [3.8, 4) is 11.4 Å². The largest absolute Gasteiger partial charge is 0.338 e. The third-order valence-corrected chi connectivity index (χ3v) is 4.85. The van der Waals surface area contributed by atoms with Crippen molar-refractivity contribution in [3.05, 3.63) is 59.7 Å². The SMILES string of the molecule is Cc1ccc2c(c1)CCCN2C(=O)CN(C)Cc1nc(-c2cccnc2)no1. The van der Waals surface area contributed by atoms with E-state index in [1.165, 1.54) is 11.1 Å². The van der Waals surface area contributed by atoms with Gasteiger partial charge in [0.25, 0.3) is 0 Å². The van der Waals surface area contributed by atoms with Crippen molar-refractivity contribution in [1.29, 1.82) is 0 Å². The molecule has 0 saturated carbocycles. The zero-order valence-electron chi connectivity index (χ0n) is 16.1. The summed E-state index contributed by atoms with van der Waals surface area (Å²) < 4.78 is 5.33.